The van der Waals surface area contributed by atoms with Gasteiger partial charge in [-0.25, -0.2) is 4.79 Å². The number of aliphatic carboxylic acids is 1. The van der Waals surface area contributed by atoms with Gasteiger partial charge in [0.05, 0.1) is 12.2 Å². The number of hydrogen-bond donors (Lipinski definition) is 1. The first-order chi connectivity index (χ1) is 8.99. The summed E-state index contributed by atoms with van der Waals surface area (Å²) in [7, 11) is 0. The van der Waals surface area contributed by atoms with Gasteiger partial charge in [-0.05, 0) is 26.0 Å². The highest BCUT2D eigenvalue weighted by Crippen LogP contribution is 2.33. The molecule has 1 aromatic carbocycles. The van der Waals surface area contributed by atoms with Crippen LogP contribution in [0.2, 0.25) is 0 Å². The lowest BCUT2D eigenvalue weighted by molar-refractivity contribution is -0.145. The van der Waals surface area contributed by atoms with Crippen molar-refractivity contribution in [3.63, 3.8) is 0 Å². The van der Waals surface area contributed by atoms with E-state index >= 15 is 0 Å². The number of ether oxygens (including phenoxy) is 1. The standard InChI is InChI=1S/C14H15NO4/c1-9(2)7-13(16)15-8-12(14(17)18)19-11-6-4-3-5-10(11)15/h3-7,12H,8H2,1-2H3,(H,17,18). The molecule has 0 spiro atoms. The van der Waals surface area contributed by atoms with Crippen LogP contribution in [0.3, 0.4) is 0 Å². The van der Waals surface area contributed by atoms with E-state index in [9.17, 15) is 9.59 Å². The molecule has 0 fully saturated rings. The predicted octanol–water partition coefficient (Wildman–Crippen LogP) is 1.83. The average Bonchev–Trinajstić information content (AvgIpc) is 2.36. The van der Waals surface area contributed by atoms with Gasteiger partial charge in [-0.2, -0.15) is 0 Å². The summed E-state index contributed by atoms with van der Waals surface area (Å²) >= 11 is 0. The van der Waals surface area contributed by atoms with Gasteiger partial charge in [-0.15, -0.1) is 0 Å². The topological polar surface area (TPSA) is 66.8 Å². The maximum atomic E-state index is 12.1. The van der Waals surface area contributed by atoms with Crippen LogP contribution >= 0.6 is 0 Å². The minimum atomic E-state index is -1.08. The number of carboxylic acids is 1. The lowest BCUT2D eigenvalue weighted by Crippen LogP contribution is -2.46. The Labute approximate surface area is 111 Å². The van der Waals surface area contributed by atoms with Gasteiger partial charge in [0.2, 0.25) is 6.10 Å². The Bertz CT molecular complexity index is 546. The maximum absolute atomic E-state index is 12.1. The first-order valence-electron chi connectivity index (χ1n) is 5.94. The molecule has 1 aliphatic heterocycles. The minimum absolute atomic E-state index is 0.00889. The predicted molar refractivity (Wildman–Crippen MR) is 70.3 cm³/mol. The Morgan fingerprint density at radius 2 is 2.05 bits per heavy atom. The van der Waals surface area contributed by atoms with Crippen LogP contribution in [-0.4, -0.2) is 29.6 Å². The number of para-hydroxylation sites is 2. The number of hydrogen-bond acceptors (Lipinski definition) is 3. The second-order valence-corrected chi connectivity index (χ2v) is 4.58. The molecule has 1 atom stereocenters. The first-order valence-corrected chi connectivity index (χ1v) is 5.94. The molecule has 2 rings (SSSR count). The molecule has 0 bridgehead atoms. The molecule has 0 aromatic heterocycles. The first kappa shape index (κ1) is 13.1. The van der Waals surface area contributed by atoms with Crippen molar-refractivity contribution in [2.24, 2.45) is 0 Å². The number of carboxylic acid groups (broad SMARTS) is 1. The van der Waals surface area contributed by atoms with Crippen molar-refractivity contribution in [2.75, 3.05) is 11.4 Å². The minimum Gasteiger partial charge on any atom is -0.478 e. The summed E-state index contributed by atoms with van der Waals surface area (Å²) in [5, 5.41) is 9.07. The van der Waals surface area contributed by atoms with Gasteiger partial charge in [-0.3, -0.25) is 4.79 Å². The second-order valence-electron chi connectivity index (χ2n) is 4.58. The zero-order valence-electron chi connectivity index (χ0n) is 10.8. The summed E-state index contributed by atoms with van der Waals surface area (Å²) in [6, 6.07) is 6.93. The van der Waals surface area contributed by atoms with E-state index in [2.05, 4.69) is 0 Å². The number of amides is 1. The molecule has 5 heteroatoms. The molecule has 0 radical (unpaired) electrons. The van der Waals surface area contributed by atoms with Crippen LogP contribution in [0, 0.1) is 0 Å². The van der Waals surface area contributed by atoms with E-state index in [0.29, 0.717) is 11.4 Å². The molecule has 1 unspecified atom stereocenters. The number of carbonyl (C=O) groups is 2. The Kier molecular flexibility index (Phi) is 3.55. The van der Waals surface area contributed by atoms with Crippen LogP contribution < -0.4 is 9.64 Å². The summed E-state index contributed by atoms with van der Waals surface area (Å²) in [5.74, 6) is -0.900. The summed E-state index contributed by atoms with van der Waals surface area (Å²) in [6.07, 6.45) is 0.450. The number of fused-ring (bicyclic) bond motifs is 1. The number of carbonyl (C=O) groups excluding carboxylic acids is 1. The fraction of sp³-hybridized carbons (Fsp3) is 0.286. The van der Waals surface area contributed by atoms with Crippen LogP contribution in [0.4, 0.5) is 5.69 Å². The van der Waals surface area contributed by atoms with Crippen molar-refractivity contribution < 1.29 is 19.4 Å². The zero-order chi connectivity index (χ0) is 14.0. The molecule has 0 saturated carbocycles. The normalized spacial score (nSPS) is 17.2. The van der Waals surface area contributed by atoms with Crippen LogP contribution in [0.15, 0.2) is 35.9 Å². The Hall–Kier alpha value is -2.30. The quantitative estimate of drug-likeness (QED) is 0.825. The lowest BCUT2D eigenvalue weighted by Gasteiger charge is -2.32. The number of rotatable bonds is 2. The van der Waals surface area contributed by atoms with E-state index < -0.39 is 12.1 Å². The number of nitrogens with zero attached hydrogens (tertiary/aromatic N) is 1. The van der Waals surface area contributed by atoms with Gasteiger partial charge >= 0.3 is 5.97 Å². The van der Waals surface area contributed by atoms with Gasteiger partial charge in [0, 0.05) is 6.08 Å². The van der Waals surface area contributed by atoms with Crippen LogP contribution in [-0.2, 0) is 9.59 Å². The molecule has 5 nitrogen and oxygen atoms in total. The van der Waals surface area contributed by atoms with E-state index in [-0.39, 0.29) is 12.5 Å². The molecule has 100 valence electrons. The van der Waals surface area contributed by atoms with E-state index in [1.807, 2.05) is 13.8 Å². The van der Waals surface area contributed by atoms with E-state index in [0.717, 1.165) is 5.57 Å². The van der Waals surface area contributed by atoms with Crippen molar-refractivity contribution in [1.29, 1.82) is 0 Å². The fourth-order valence-electron chi connectivity index (χ4n) is 1.90. The maximum Gasteiger partial charge on any atom is 0.346 e. The van der Waals surface area contributed by atoms with Gasteiger partial charge in [0.1, 0.15) is 5.75 Å². The summed E-state index contributed by atoms with van der Waals surface area (Å²) in [4.78, 5) is 24.7. The smallest absolute Gasteiger partial charge is 0.346 e. The van der Waals surface area contributed by atoms with Gasteiger partial charge < -0.3 is 14.7 Å². The molecule has 0 aliphatic carbocycles. The highest BCUT2D eigenvalue weighted by atomic mass is 16.5. The van der Waals surface area contributed by atoms with Crippen LogP contribution in [0.1, 0.15) is 13.8 Å². The van der Waals surface area contributed by atoms with E-state index in [1.165, 1.54) is 11.0 Å². The lowest BCUT2D eigenvalue weighted by atomic mass is 10.1. The van der Waals surface area contributed by atoms with Gasteiger partial charge in [0.15, 0.2) is 0 Å². The number of benzene rings is 1. The van der Waals surface area contributed by atoms with Crippen molar-refractivity contribution >= 4 is 17.6 Å². The molecule has 19 heavy (non-hydrogen) atoms. The Balaban J connectivity index is 2.39. The summed E-state index contributed by atoms with van der Waals surface area (Å²) in [6.45, 7) is 3.65. The van der Waals surface area contributed by atoms with Crippen LogP contribution in [0.5, 0.6) is 5.75 Å². The number of allylic oxidation sites excluding steroid dienone is 1. The highest BCUT2D eigenvalue weighted by Gasteiger charge is 2.32. The Morgan fingerprint density at radius 3 is 2.68 bits per heavy atom. The monoisotopic (exact) mass is 261 g/mol. The molecule has 1 aromatic rings. The molecule has 1 heterocycles. The zero-order valence-corrected chi connectivity index (χ0v) is 10.8. The third kappa shape index (κ3) is 2.76. The molecule has 1 amide bonds. The molecular weight excluding hydrogens is 246 g/mol. The average molecular weight is 261 g/mol. The largest absolute Gasteiger partial charge is 0.478 e. The van der Waals surface area contributed by atoms with Gasteiger partial charge in [-0.1, -0.05) is 17.7 Å². The van der Waals surface area contributed by atoms with Crippen molar-refractivity contribution in [3.8, 4) is 5.75 Å². The highest BCUT2D eigenvalue weighted by molar-refractivity contribution is 6.03. The summed E-state index contributed by atoms with van der Waals surface area (Å²) < 4.78 is 5.36. The van der Waals surface area contributed by atoms with E-state index in [1.54, 1.807) is 24.3 Å². The molecule has 1 N–H and O–H groups in total. The molecule has 0 saturated heterocycles. The van der Waals surface area contributed by atoms with Crippen molar-refractivity contribution in [1.82, 2.24) is 0 Å². The molecule has 1 aliphatic rings. The van der Waals surface area contributed by atoms with Crippen molar-refractivity contribution in [2.45, 2.75) is 20.0 Å². The van der Waals surface area contributed by atoms with Gasteiger partial charge in [0.25, 0.3) is 5.91 Å². The molecular formula is C14H15NO4. The Morgan fingerprint density at radius 1 is 1.37 bits per heavy atom. The fourth-order valence-corrected chi connectivity index (χ4v) is 1.90. The SMILES string of the molecule is CC(C)=CC(=O)N1CC(C(=O)O)Oc2ccccc21. The third-order valence-electron chi connectivity index (χ3n) is 2.73. The van der Waals surface area contributed by atoms with Crippen LogP contribution in [0.25, 0.3) is 0 Å². The third-order valence-corrected chi connectivity index (χ3v) is 2.73. The second kappa shape index (κ2) is 5.14. The van der Waals surface area contributed by atoms with E-state index in [4.69, 9.17) is 9.84 Å². The number of anilines is 1. The summed E-state index contributed by atoms with van der Waals surface area (Å²) in [5.41, 5.74) is 1.46. The van der Waals surface area contributed by atoms with Crippen molar-refractivity contribution in [3.05, 3.63) is 35.9 Å².